The summed E-state index contributed by atoms with van der Waals surface area (Å²) >= 11 is 3.51. The molecule has 86 valence electrons. The zero-order valence-corrected chi connectivity index (χ0v) is 11.0. The second-order valence-electron chi connectivity index (χ2n) is 5.33. The van der Waals surface area contributed by atoms with Gasteiger partial charge in [-0.25, -0.2) is 0 Å². The van der Waals surface area contributed by atoms with Crippen LogP contribution >= 0.6 is 15.9 Å². The van der Waals surface area contributed by atoms with E-state index in [1.807, 2.05) is 0 Å². The van der Waals surface area contributed by atoms with Gasteiger partial charge in [-0.05, 0) is 55.2 Å². The van der Waals surface area contributed by atoms with Crippen LogP contribution < -0.4 is 5.32 Å². The first-order valence-electron chi connectivity index (χ1n) is 6.30. The number of nitrogens with one attached hydrogen (secondary N) is 1. The molecule has 3 atom stereocenters. The van der Waals surface area contributed by atoms with Crippen LogP contribution in [0, 0.1) is 17.8 Å². The Morgan fingerprint density at radius 2 is 2.19 bits per heavy atom. The highest BCUT2D eigenvalue weighted by Crippen LogP contribution is 2.48. The summed E-state index contributed by atoms with van der Waals surface area (Å²) in [6.45, 7) is 1.16. The third-order valence-electron chi connectivity index (χ3n) is 4.28. The fourth-order valence-electron chi connectivity index (χ4n) is 3.47. The summed E-state index contributed by atoms with van der Waals surface area (Å²) in [6.07, 6.45) is 5.95. The molecule has 16 heavy (non-hydrogen) atoms. The number of anilines is 1. The van der Waals surface area contributed by atoms with Crippen LogP contribution in [0.15, 0.2) is 28.7 Å². The van der Waals surface area contributed by atoms with E-state index in [-0.39, 0.29) is 0 Å². The van der Waals surface area contributed by atoms with Crippen molar-refractivity contribution < 1.29 is 0 Å². The molecule has 1 aromatic carbocycles. The summed E-state index contributed by atoms with van der Waals surface area (Å²) in [5, 5.41) is 3.58. The molecule has 0 radical (unpaired) electrons. The van der Waals surface area contributed by atoms with Crippen LogP contribution in [0.25, 0.3) is 0 Å². The Balaban J connectivity index is 1.57. The predicted molar refractivity (Wildman–Crippen MR) is 71.6 cm³/mol. The van der Waals surface area contributed by atoms with Crippen molar-refractivity contribution in [2.24, 2.45) is 17.8 Å². The number of benzene rings is 1. The molecule has 0 aliphatic heterocycles. The molecular formula is C14H18BrN. The molecule has 2 bridgehead atoms. The van der Waals surface area contributed by atoms with E-state index in [9.17, 15) is 0 Å². The molecule has 0 heterocycles. The largest absolute Gasteiger partial charge is 0.385 e. The number of rotatable bonds is 3. The van der Waals surface area contributed by atoms with Crippen LogP contribution in [-0.4, -0.2) is 6.54 Å². The molecule has 0 amide bonds. The summed E-state index contributed by atoms with van der Waals surface area (Å²) in [6, 6.07) is 8.47. The second-order valence-corrected chi connectivity index (χ2v) is 6.24. The van der Waals surface area contributed by atoms with Gasteiger partial charge in [0.15, 0.2) is 0 Å². The third-order valence-corrected chi connectivity index (χ3v) is 4.77. The van der Waals surface area contributed by atoms with Crippen LogP contribution in [0.2, 0.25) is 0 Å². The van der Waals surface area contributed by atoms with E-state index in [1.165, 1.54) is 31.4 Å². The number of hydrogen-bond acceptors (Lipinski definition) is 1. The van der Waals surface area contributed by atoms with Crippen molar-refractivity contribution >= 4 is 21.6 Å². The quantitative estimate of drug-likeness (QED) is 0.870. The van der Waals surface area contributed by atoms with E-state index in [0.29, 0.717) is 0 Å². The van der Waals surface area contributed by atoms with E-state index in [1.54, 1.807) is 0 Å². The summed E-state index contributed by atoms with van der Waals surface area (Å²) in [5.74, 6) is 3.00. The molecule has 1 N–H and O–H groups in total. The van der Waals surface area contributed by atoms with Crippen molar-refractivity contribution in [2.75, 3.05) is 11.9 Å². The Hall–Kier alpha value is -0.500. The Labute approximate surface area is 106 Å². The Kier molecular flexibility index (Phi) is 2.93. The van der Waals surface area contributed by atoms with Gasteiger partial charge in [-0.1, -0.05) is 28.4 Å². The van der Waals surface area contributed by atoms with E-state index in [4.69, 9.17) is 0 Å². The lowest BCUT2D eigenvalue weighted by Crippen LogP contribution is -2.20. The third kappa shape index (κ3) is 2.13. The van der Waals surface area contributed by atoms with Crippen LogP contribution in [0.3, 0.4) is 0 Å². The molecule has 0 saturated heterocycles. The average Bonchev–Trinajstić information content (AvgIpc) is 2.88. The fourth-order valence-corrected chi connectivity index (χ4v) is 3.87. The molecule has 1 aromatic rings. The van der Waals surface area contributed by atoms with Gasteiger partial charge < -0.3 is 5.32 Å². The number of hydrogen-bond donors (Lipinski definition) is 1. The normalized spacial score (nSPS) is 31.9. The number of halogens is 1. The van der Waals surface area contributed by atoms with Gasteiger partial charge in [0.05, 0.1) is 0 Å². The maximum atomic E-state index is 3.58. The first-order chi connectivity index (χ1) is 7.81. The minimum atomic E-state index is 0.928. The van der Waals surface area contributed by atoms with Crippen molar-refractivity contribution in [3.8, 4) is 0 Å². The van der Waals surface area contributed by atoms with Crippen LogP contribution in [0.1, 0.15) is 25.7 Å². The van der Waals surface area contributed by atoms with Crippen molar-refractivity contribution in [1.29, 1.82) is 0 Å². The van der Waals surface area contributed by atoms with E-state index in [0.717, 1.165) is 28.8 Å². The van der Waals surface area contributed by atoms with Gasteiger partial charge in [0.25, 0.3) is 0 Å². The standard InChI is InChI=1S/C14H18BrN/c15-13-2-1-3-14(8-13)16-9-12-7-10-4-5-11(12)6-10/h1-3,8,10-12,16H,4-7,9H2. The summed E-state index contributed by atoms with van der Waals surface area (Å²) < 4.78 is 1.16. The van der Waals surface area contributed by atoms with Gasteiger partial charge in [-0.2, -0.15) is 0 Å². The first-order valence-corrected chi connectivity index (χ1v) is 7.10. The molecule has 2 fully saturated rings. The Morgan fingerprint density at radius 1 is 1.25 bits per heavy atom. The molecule has 2 heteroatoms. The van der Waals surface area contributed by atoms with Crippen molar-refractivity contribution in [3.05, 3.63) is 28.7 Å². The van der Waals surface area contributed by atoms with Gasteiger partial charge in [-0.15, -0.1) is 0 Å². The average molecular weight is 280 g/mol. The zero-order chi connectivity index (χ0) is 11.0. The topological polar surface area (TPSA) is 12.0 Å². The van der Waals surface area contributed by atoms with Gasteiger partial charge in [0, 0.05) is 16.7 Å². The molecular weight excluding hydrogens is 262 g/mol. The Morgan fingerprint density at radius 3 is 2.88 bits per heavy atom. The molecule has 2 aliphatic carbocycles. The van der Waals surface area contributed by atoms with Gasteiger partial charge in [-0.3, -0.25) is 0 Å². The van der Waals surface area contributed by atoms with Crippen LogP contribution in [0.5, 0.6) is 0 Å². The van der Waals surface area contributed by atoms with E-state index < -0.39 is 0 Å². The van der Waals surface area contributed by atoms with Gasteiger partial charge in [0.1, 0.15) is 0 Å². The summed E-state index contributed by atoms with van der Waals surface area (Å²) in [5.41, 5.74) is 1.25. The first kappa shape index (κ1) is 10.6. The molecule has 2 aliphatic rings. The van der Waals surface area contributed by atoms with Crippen molar-refractivity contribution in [2.45, 2.75) is 25.7 Å². The second kappa shape index (κ2) is 4.40. The lowest BCUT2D eigenvalue weighted by atomic mass is 9.89. The highest BCUT2D eigenvalue weighted by molar-refractivity contribution is 9.10. The fraction of sp³-hybridized carbons (Fsp3) is 0.571. The SMILES string of the molecule is Brc1cccc(NCC2CC3CCC2C3)c1. The molecule has 2 saturated carbocycles. The lowest BCUT2D eigenvalue weighted by molar-refractivity contribution is 0.348. The molecule has 0 spiro atoms. The lowest BCUT2D eigenvalue weighted by Gasteiger charge is -2.22. The molecule has 1 nitrogen and oxygen atoms in total. The molecule has 0 aromatic heterocycles. The van der Waals surface area contributed by atoms with Crippen molar-refractivity contribution in [3.63, 3.8) is 0 Å². The zero-order valence-electron chi connectivity index (χ0n) is 9.45. The molecule has 3 unspecified atom stereocenters. The van der Waals surface area contributed by atoms with Gasteiger partial charge in [0.2, 0.25) is 0 Å². The van der Waals surface area contributed by atoms with Crippen molar-refractivity contribution in [1.82, 2.24) is 0 Å². The van der Waals surface area contributed by atoms with Crippen LogP contribution in [-0.2, 0) is 0 Å². The summed E-state index contributed by atoms with van der Waals surface area (Å²) in [7, 11) is 0. The predicted octanol–water partition coefficient (Wildman–Crippen LogP) is 4.30. The minimum Gasteiger partial charge on any atom is -0.385 e. The van der Waals surface area contributed by atoms with Gasteiger partial charge >= 0.3 is 0 Å². The summed E-state index contributed by atoms with van der Waals surface area (Å²) in [4.78, 5) is 0. The smallest absolute Gasteiger partial charge is 0.0351 e. The Bertz CT molecular complexity index is 377. The van der Waals surface area contributed by atoms with E-state index in [2.05, 4.69) is 45.5 Å². The van der Waals surface area contributed by atoms with Crippen LogP contribution in [0.4, 0.5) is 5.69 Å². The number of fused-ring (bicyclic) bond motifs is 2. The highest BCUT2D eigenvalue weighted by atomic mass is 79.9. The highest BCUT2D eigenvalue weighted by Gasteiger charge is 2.38. The maximum absolute atomic E-state index is 3.58. The molecule has 3 rings (SSSR count). The monoisotopic (exact) mass is 279 g/mol. The maximum Gasteiger partial charge on any atom is 0.0351 e. The van der Waals surface area contributed by atoms with E-state index >= 15 is 0 Å². The minimum absolute atomic E-state index is 0.928.